The molecule has 3 nitrogen and oxygen atoms in total. The predicted octanol–water partition coefficient (Wildman–Crippen LogP) is 2.98. The molecule has 4 heteroatoms. The molecule has 0 amide bonds. The molecule has 1 aromatic heterocycles. The third-order valence-electron chi connectivity index (χ3n) is 3.22. The number of benzene rings is 1. The van der Waals surface area contributed by atoms with E-state index >= 15 is 0 Å². The molecule has 0 saturated heterocycles. The van der Waals surface area contributed by atoms with Gasteiger partial charge in [-0.1, -0.05) is 23.7 Å². The maximum Gasteiger partial charge on any atom is 0.166 e. The minimum absolute atomic E-state index is 0.157. The fourth-order valence-corrected chi connectivity index (χ4v) is 2.56. The Hall–Kier alpha value is -1.61. The zero-order valence-electron chi connectivity index (χ0n) is 9.11. The lowest BCUT2D eigenvalue weighted by Gasteiger charge is -2.21. The van der Waals surface area contributed by atoms with Gasteiger partial charge in [0.05, 0.1) is 11.8 Å². The lowest BCUT2D eigenvalue weighted by Crippen LogP contribution is -2.17. The zero-order chi connectivity index (χ0) is 11.8. The van der Waals surface area contributed by atoms with E-state index in [0.717, 1.165) is 23.2 Å². The smallest absolute Gasteiger partial charge is 0.166 e. The highest BCUT2D eigenvalue weighted by molar-refractivity contribution is 6.30. The molecule has 1 aliphatic rings. The van der Waals surface area contributed by atoms with Crippen LogP contribution < -0.4 is 0 Å². The molecule has 17 heavy (non-hydrogen) atoms. The number of halogens is 1. The van der Waals surface area contributed by atoms with Crippen LogP contribution in [0.5, 0.6) is 0 Å². The maximum atomic E-state index is 11.9. The number of H-pyrrole nitrogens is 1. The van der Waals surface area contributed by atoms with Gasteiger partial charge in [-0.05, 0) is 30.0 Å². The van der Waals surface area contributed by atoms with Crippen LogP contribution in [0.2, 0.25) is 5.02 Å². The van der Waals surface area contributed by atoms with Crippen LogP contribution in [-0.4, -0.2) is 16.0 Å². The SMILES string of the molecule is O=C1C[C@H](c2cccc(Cl)c2)Cc2[nH]ncc21. The molecule has 2 aromatic rings. The molecule has 86 valence electrons. The van der Waals surface area contributed by atoms with Gasteiger partial charge in [0, 0.05) is 17.1 Å². The van der Waals surface area contributed by atoms with Gasteiger partial charge in [0.25, 0.3) is 0 Å². The van der Waals surface area contributed by atoms with Gasteiger partial charge in [-0.25, -0.2) is 0 Å². The van der Waals surface area contributed by atoms with Crippen molar-refractivity contribution in [2.24, 2.45) is 0 Å². The molecule has 0 fully saturated rings. The van der Waals surface area contributed by atoms with Crippen LogP contribution in [-0.2, 0) is 6.42 Å². The van der Waals surface area contributed by atoms with Crippen LogP contribution in [0.3, 0.4) is 0 Å². The summed E-state index contributed by atoms with van der Waals surface area (Å²) >= 11 is 5.97. The van der Waals surface area contributed by atoms with Crippen molar-refractivity contribution in [3.63, 3.8) is 0 Å². The normalized spacial score (nSPS) is 19.1. The Morgan fingerprint density at radius 3 is 3.06 bits per heavy atom. The van der Waals surface area contributed by atoms with Crippen molar-refractivity contribution in [2.75, 3.05) is 0 Å². The number of Topliss-reactive ketones (excluding diaryl/α,β-unsaturated/α-hetero) is 1. The van der Waals surface area contributed by atoms with E-state index in [4.69, 9.17) is 11.6 Å². The van der Waals surface area contributed by atoms with Gasteiger partial charge in [0.2, 0.25) is 0 Å². The number of aromatic nitrogens is 2. The van der Waals surface area contributed by atoms with Crippen LogP contribution in [0.15, 0.2) is 30.5 Å². The summed E-state index contributed by atoms with van der Waals surface area (Å²) in [5, 5.41) is 7.54. The molecule has 1 N–H and O–H groups in total. The molecule has 0 aliphatic heterocycles. The number of nitrogens with zero attached hydrogens (tertiary/aromatic N) is 1. The van der Waals surface area contributed by atoms with Crippen molar-refractivity contribution in [3.05, 3.63) is 52.3 Å². The monoisotopic (exact) mass is 246 g/mol. The maximum absolute atomic E-state index is 11.9. The Kier molecular flexibility index (Phi) is 2.48. The summed E-state index contributed by atoms with van der Waals surface area (Å²) < 4.78 is 0. The number of carbonyl (C=O) groups is 1. The van der Waals surface area contributed by atoms with Crippen molar-refractivity contribution >= 4 is 17.4 Å². The molecule has 0 radical (unpaired) electrons. The third-order valence-corrected chi connectivity index (χ3v) is 3.46. The molecule has 0 saturated carbocycles. The summed E-state index contributed by atoms with van der Waals surface area (Å²) in [7, 11) is 0. The first-order chi connectivity index (χ1) is 8.24. The van der Waals surface area contributed by atoms with E-state index < -0.39 is 0 Å². The van der Waals surface area contributed by atoms with E-state index in [9.17, 15) is 4.79 Å². The number of carbonyl (C=O) groups excluding carboxylic acids is 1. The van der Waals surface area contributed by atoms with E-state index in [1.165, 1.54) is 0 Å². The number of ketones is 1. The van der Waals surface area contributed by atoms with Crippen LogP contribution in [0, 0.1) is 0 Å². The number of nitrogens with one attached hydrogen (secondary N) is 1. The van der Waals surface area contributed by atoms with Gasteiger partial charge < -0.3 is 0 Å². The topological polar surface area (TPSA) is 45.8 Å². The Labute approximate surface area is 104 Å². The summed E-state index contributed by atoms with van der Waals surface area (Å²) in [4.78, 5) is 11.9. The van der Waals surface area contributed by atoms with Crippen LogP contribution in [0.25, 0.3) is 0 Å². The fraction of sp³-hybridized carbons (Fsp3) is 0.231. The molecule has 1 atom stereocenters. The molecule has 0 spiro atoms. The average molecular weight is 247 g/mol. The third kappa shape index (κ3) is 1.87. The highest BCUT2D eigenvalue weighted by atomic mass is 35.5. The van der Waals surface area contributed by atoms with Crippen LogP contribution in [0.4, 0.5) is 0 Å². The molecular weight excluding hydrogens is 236 g/mol. The summed E-state index contributed by atoms with van der Waals surface area (Å²) in [6, 6.07) is 7.72. The summed E-state index contributed by atoms with van der Waals surface area (Å²) in [6.45, 7) is 0. The molecule has 0 unspecified atom stereocenters. The Morgan fingerprint density at radius 1 is 1.35 bits per heavy atom. The summed E-state index contributed by atoms with van der Waals surface area (Å²) in [6.07, 6.45) is 2.97. The van der Waals surface area contributed by atoms with Crippen LogP contribution >= 0.6 is 11.6 Å². The highest BCUT2D eigenvalue weighted by Gasteiger charge is 2.27. The molecule has 1 aromatic carbocycles. The standard InChI is InChI=1S/C13H11ClN2O/c14-10-3-1-2-8(4-10)9-5-12-11(7-15-16-12)13(17)6-9/h1-4,7,9H,5-6H2,(H,15,16)/t9-/m1/s1. The average Bonchev–Trinajstić information content (AvgIpc) is 2.77. The molecule has 1 aliphatic carbocycles. The van der Waals surface area contributed by atoms with Gasteiger partial charge in [0.15, 0.2) is 5.78 Å². The predicted molar refractivity (Wildman–Crippen MR) is 65.4 cm³/mol. The Balaban J connectivity index is 1.96. The largest absolute Gasteiger partial charge is 0.294 e. The van der Waals surface area contributed by atoms with E-state index in [-0.39, 0.29) is 11.7 Å². The number of hydrogen-bond acceptors (Lipinski definition) is 2. The second-order valence-electron chi connectivity index (χ2n) is 4.35. The minimum atomic E-state index is 0.157. The first kappa shape index (κ1) is 10.5. The van der Waals surface area contributed by atoms with Crippen molar-refractivity contribution in [1.82, 2.24) is 10.2 Å². The van der Waals surface area contributed by atoms with Gasteiger partial charge >= 0.3 is 0 Å². The molecule has 0 bridgehead atoms. The summed E-state index contributed by atoms with van der Waals surface area (Å²) in [5.41, 5.74) is 2.79. The first-order valence-corrected chi connectivity index (χ1v) is 5.93. The fourth-order valence-electron chi connectivity index (χ4n) is 2.36. The minimum Gasteiger partial charge on any atom is -0.294 e. The van der Waals surface area contributed by atoms with E-state index in [0.29, 0.717) is 11.4 Å². The second kappa shape index (κ2) is 4.00. The van der Waals surface area contributed by atoms with E-state index in [1.807, 2.05) is 24.3 Å². The van der Waals surface area contributed by atoms with Gasteiger partial charge in [-0.15, -0.1) is 0 Å². The molecular formula is C13H11ClN2O. The summed E-state index contributed by atoms with van der Waals surface area (Å²) in [5.74, 6) is 0.360. The van der Waals surface area contributed by atoms with Gasteiger partial charge in [-0.2, -0.15) is 5.10 Å². The lowest BCUT2D eigenvalue weighted by atomic mass is 9.83. The number of fused-ring (bicyclic) bond motifs is 1. The van der Waals surface area contributed by atoms with E-state index in [1.54, 1.807) is 6.20 Å². The Bertz CT molecular complexity index is 576. The van der Waals surface area contributed by atoms with Crippen molar-refractivity contribution < 1.29 is 4.79 Å². The number of aromatic amines is 1. The van der Waals surface area contributed by atoms with Crippen molar-refractivity contribution in [1.29, 1.82) is 0 Å². The zero-order valence-corrected chi connectivity index (χ0v) is 9.87. The van der Waals surface area contributed by atoms with E-state index in [2.05, 4.69) is 10.2 Å². The van der Waals surface area contributed by atoms with Crippen molar-refractivity contribution in [3.8, 4) is 0 Å². The van der Waals surface area contributed by atoms with Gasteiger partial charge in [0.1, 0.15) is 0 Å². The quantitative estimate of drug-likeness (QED) is 0.841. The number of hydrogen-bond donors (Lipinski definition) is 1. The van der Waals surface area contributed by atoms with Gasteiger partial charge in [-0.3, -0.25) is 9.89 Å². The van der Waals surface area contributed by atoms with Crippen LogP contribution in [0.1, 0.15) is 34.0 Å². The molecule has 3 rings (SSSR count). The lowest BCUT2D eigenvalue weighted by molar-refractivity contribution is 0.0964. The van der Waals surface area contributed by atoms with Crippen molar-refractivity contribution in [2.45, 2.75) is 18.8 Å². The Morgan fingerprint density at radius 2 is 2.24 bits per heavy atom. The second-order valence-corrected chi connectivity index (χ2v) is 4.78. The number of rotatable bonds is 1. The first-order valence-electron chi connectivity index (χ1n) is 5.55. The highest BCUT2D eigenvalue weighted by Crippen LogP contribution is 2.32. The molecule has 1 heterocycles.